The van der Waals surface area contributed by atoms with Crippen molar-refractivity contribution in [3.8, 4) is 5.75 Å². The molecule has 0 fully saturated rings. The van der Waals surface area contributed by atoms with Crippen LogP contribution in [-0.4, -0.2) is 18.0 Å². The summed E-state index contributed by atoms with van der Waals surface area (Å²) < 4.78 is 5.26. The Morgan fingerprint density at radius 2 is 1.81 bits per heavy atom. The van der Waals surface area contributed by atoms with Gasteiger partial charge < -0.3 is 15.0 Å². The first-order chi connectivity index (χ1) is 12.7. The number of carbonyl (C=O) groups excluding carboxylic acids is 1. The van der Waals surface area contributed by atoms with Crippen LogP contribution in [0.1, 0.15) is 21.6 Å². The number of amides is 1. The van der Waals surface area contributed by atoms with Crippen molar-refractivity contribution < 1.29 is 9.53 Å². The highest BCUT2D eigenvalue weighted by Crippen LogP contribution is 2.23. The van der Waals surface area contributed by atoms with Gasteiger partial charge in [-0.1, -0.05) is 36.4 Å². The van der Waals surface area contributed by atoms with Gasteiger partial charge in [0.25, 0.3) is 5.91 Å². The average molecular weight is 344 g/mol. The highest BCUT2D eigenvalue weighted by atomic mass is 16.5. The van der Waals surface area contributed by atoms with E-state index in [1.165, 1.54) is 0 Å². The van der Waals surface area contributed by atoms with E-state index in [4.69, 9.17) is 4.74 Å². The van der Waals surface area contributed by atoms with Gasteiger partial charge >= 0.3 is 0 Å². The van der Waals surface area contributed by atoms with Crippen molar-refractivity contribution in [2.75, 3.05) is 7.11 Å². The van der Waals surface area contributed by atoms with Gasteiger partial charge in [0.2, 0.25) is 0 Å². The van der Waals surface area contributed by atoms with E-state index >= 15 is 0 Å². The number of nitrogens with one attached hydrogen (secondary N) is 2. The van der Waals surface area contributed by atoms with Crippen LogP contribution in [0.25, 0.3) is 21.7 Å². The van der Waals surface area contributed by atoms with Crippen molar-refractivity contribution in [1.29, 1.82) is 0 Å². The first kappa shape index (κ1) is 16.2. The Hall–Kier alpha value is -3.27. The fourth-order valence-corrected chi connectivity index (χ4v) is 3.35. The van der Waals surface area contributed by atoms with Crippen LogP contribution in [-0.2, 0) is 6.54 Å². The second kappa shape index (κ2) is 6.56. The fourth-order valence-electron chi connectivity index (χ4n) is 3.35. The summed E-state index contributed by atoms with van der Waals surface area (Å²) in [7, 11) is 1.66. The molecule has 4 rings (SSSR count). The van der Waals surface area contributed by atoms with Gasteiger partial charge in [0.05, 0.1) is 12.7 Å². The van der Waals surface area contributed by atoms with Gasteiger partial charge in [0.1, 0.15) is 5.75 Å². The summed E-state index contributed by atoms with van der Waals surface area (Å²) in [5, 5.41) is 6.23. The number of hydrogen-bond donors (Lipinski definition) is 2. The number of para-hydroxylation sites is 1. The highest BCUT2D eigenvalue weighted by molar-refractivity contribution is 6.08. The van der Waals surface area contributed by atoms with Gasteiger partial charge in [-0.3, -0.25) is 4.79 Å². The molecule has 0 aliphatic heterocycles. The Labute approximate surface area is 151 Å². The van der Waals surface area contributed by atoms with E-state index in [1.54, 1.807) is 7.11 Å². The minimum absolute atomic E-state index is 0.0604. The largest absolute Gasteiger partial charge is 0.497 e. The van der Waals surface area contributed by atoms with Gasteiger partial charge in [-0.05, 0) is 47.5 Å². The van der Waals surface area contributed by atoms with E-state index in [9.17, 15) is 4.79 Å². The Morgan fingerprint density at radius 1 is 1.04 bits per heavy atom. The molecule has 4 heteroatoms. The molecule has 2 N–H and O–H groups in total. The molecule has 1 amide bonds. The van der Waals surface area contributed by atoms with Crippen molar-refractivity contribution in [2.45, 2.75) is 13.5 Å². The van der Waals surface area contributed by atoms with Crippen LogP contribution in [0.4, 0.5) is 0 Å². The lowest BCUT2D eigenvalue weighted by atomic mass is 10.1. The molecule has 1 aromatic heterocycles. The van der Waals surface area contributed by atoms with Crippen LogP contribution in [0.15, 0.2) is 60.7 Å². The second-order valence-corrected chi connectivity index (χ2v) is 6.40. The Balaban J connectivity index is 1.55. The zero-order valence-electron chi connectivity index (χ0n) is 14.8. The predicted molar refractivity (Wildman–Crippen MR) is 105 cm³/mol. The third-order valence-corrected chi connectivity index (χ3v) is 4.69. The molecular formula is C22H20N2O2. The highest BCUT2D eigenvalue weighted by Gasteiger charge is 2.15. The molecule has 0 atom stereocenters. The second-order valence-electron chi connectivity index (χ2n) is 6.40. The molecule has 0 bridgehead atoms. The Bertz CT molecular complexity index is 1110. The van der Waals surface area contributed by atoms with E-state index < -0.39 is 0 Å². The van der Waals surface area contributed by atoms with Crippen molar-refractivity contribution in [3.05, 3.63) is 77.5 Å². The lowest BCUT2D eigenvalue weighted by Crippen LogP contribution is -2.23. The number of methoxy groups -OCH3 is 1. The number of aromatic nitrogens is 1. The maximum atomic E-state index is 12.7. The van der Waals surface area contributed by atoms with Crippen LogP contribution in [0.5, 0.6) is 5.75 Å². The zero-order valence-corrected chi connectivity index (χ0v) is 14.8. The molecule has 26 heavy (non-hydrogen) atoms. The third-order valence-electron chi connectivity index (χ3n) is 4.69. The van der Waals surface area contributed by atoms with Crippen LogP contribution in [0, 0.1) is 6.92 Å². The minimum Gasteiger partial charge on any atom is -0.497 e. The normalized spacial score (nSPS) is 11.0. The van der Waals surface area contributed by atoms with E-state index in [1.807, 2.05) is 55.5 Å². The third kappa shape index (κ3) is 2.90. The number of hydrogen-bond acceptors (Lipinski definition) is 2. The number of H-pyrrole nitrogens is 1. The van der Waals surface area contributed by atoms with Crippen molar-refractivity contribution in [1.82, 2.24) is 10.3 Å². The summed E-state index contributed by atoms with van der Waals surface area (Å²) in [6.07, 6.45) is 0. The molecule has 4 nitrogen and oxygen atoms in total. The number of benzene rings is 3. The van der Waals surface area contributed by atoms with Crippen molar-refractivity contribution >= 4 is 27.6 Å². The number of carbonyl (C=O) groups is 1. The molecule has 0 spiro atoms. The minimum atomic E-state index is -0.0604. The molecule has 0 unspecified atom stereocenters. The van der Waals surface area contributed by atoms with Crippen LogP contribution in [0.3, 0.4) is 0 Å². The van der Waals surface area contributed by atoms with Crippen LogP contribution >= 0.6 is 0 Å². The molecule has 3 aromatic carbocycles. The zero-order chi connectivity index (χ0) is 18.1. The summed E-state index contributed by atoms with van der Waals surface area (Å²) in [6, 6.07) is 20.0. The van der Waals surface area contributed by atoms with E-state index in [-0.39, 0.29) is 5.91 Å². The quantitative estimate of drug-likeness (QED) is 0.570. The molecule has 0 saturated heterocycles. The number of ether oxygens (including phenoxy) is 1. The summed E-state index contributed by atoms with van der Waals surface area (Å²) >= 11 is 0. The van der Waals surface area contributed by atoms with Crippen molar-refractivity contribution in [2.24, 2.45) is 0 Å². The maximum absolute atomic E-state index is 12.7. The van der Waals surface area contributed by atoms with Gasteiger partial charge in [0, 0.05) is 23.1 Å². The Kier molecular flexibility index (Phi) is 4.09. The lowest BCUT2D eigenvalue weighted by molar-refractivity contribution is 0.0952. The monoisotopic (exact) mass is 344 g/mol. The van der Waals surface area contributed by atoms with Gasteiger partial charge in [0.15, 0.2) is 0 Å². The van der Waals surface area contributed by atoms with Crippen molar-refractivity contribution in [3.63, 3.8) is 0 Å². The number of aromatic amines is 1. The molecule has 4 aromatic rings. The number of fused-ring (bicyclic) bond motifs is 2. The fraction of sp³-hybridized carbons (Fsp3) is 0.136. The summed E-state index contributed by atoms with van der Waals surface area (Å²) in [4.78, 5) is 16.0. The molecule has 0 aliphatic carbocycles. The van der Waals surface area contributed by atoms with E-state index in [0.717, 1.165) is 38.7 Å². The smallest absolute Gasteiger partial charge is 0.253 e. The summed E-state index contributed by atoms with van der Waals surface area (Å²) in [5.74, 6) is 0.781. The molecule has 0 aliphatic rings. The topological polar surface area (TPSA) is 54.1 Å². The molecule has 0 saturated carbocycles. The number of rotatable bonds is 4. The predicted octanol–water partition coefficient (Wildman–Crippen LogP) is 4.57. The van der Waals surface area contributed by atoms with Crippen LogP contribution in [0.2, 0.25) is 0 Å². The molecular weight excluding hydrogens is 324 g/mol. The summed E-state index contributed by atoms with van der Waals surface area (Å²) in [5.41, 5.74) is 3.64. The molecule has 130 valence electrons. The summed E-state index contributed by atoms with van der Waals surface area (Å²) in [6.45, 7) is 2.41. The van der Waals surface area contributed by atoms with E-state index in [0.29, 0.717) is 12.1 Å². The van der Waals surface area contributed by atoms with Gasteiger partial charge in [-0.25, -0.2) is 0 Å². The number of aryl methyl sites for hydroxylation is 1. The van der Waals surface area contributed by atoms with E-state index in [2.05, 4.69) is 22.4 Å². The van der Waals surface area contributed by atoms with Gasteiger partial charge in [-0.15, -0.1) is 0 Å². The average Bonchev–Trinajstić information content (AvgIpc) is 3.01. The SMILES string of the molecule is COc1ccc2cc(CNC(=O)c3c(C)[nH]c4ccccc34)ccc2c1. The Morgan fingerprint density at radius 3 is 2.65 bits per heavy atom. The first-order valence-electron chi connectivity index (χ1n) is 8.58. The molecule has 1 heterocycles. The lowest BCUT2D eigenvalue weighted by Gasteiger charge is -2.08. The first-order valence-corrected chi connectivity index (χ1v) is 8.58. The van der Waals surface area contributed by atoms with Crippen LogP contribution < -0.4 is 10.1 Å². The molecule has 0 radical (unpaired) electrons. The standard InChI is InChI=1S/C22H20N2O2/c1-14-21(19-5-3-4-6-20(19)24-14)22(25)23-13-15-7-8-17-12-18(26-2)10-9-16(17)11-15/h3-12,24H,13H2,1-2H3,(H,23,25). The maximum Gasteiger partial charge on any atom is 0.253 e. The van der Waals surface area contributed by atoms with Gasteiger partial charge in [-0.2, -0.15) is 0 Å².